The summed E-state index contributed by atoms with van der Waals surface area (Å²) in [5.41, 5.74) is 5.17. The number of carbonyl (C=O) groups excluding carboxylic acids is 1. The Morgan fingerprint density at radius 3 is 2.72 bits per heavy atom. The normalized spacial score (nSPS) is 22.9. The lowest BCUT2D eigenvalue weighted by atomic mass is 9.87. The molecule has 2 N–H and O–H groups in total. The van der Waals surface area contributed by atoms with Crippen LogP contribution in [0.4, 0.5) is 11.4 Å². The third-order valence-corrected chi connectivity index (χ3v) is 9.58. The van der Waals surface area contributed by atoms with Crippen LogP contribution in [0.3, 0.4) is 0 Å². The fraction of sp³-hybridized carbons (Fsp3) is 0.400. The molecule has 2 aromatic heterocycles. The van der Waals surface area contributed by atoms with E-state index in [2.05, 4.69) is 69.0 Å². The Balaban J connectivity index is 1.16. The van der Waals surface area contributed by atoms with Gasteiger partial charge >= 0.3 is 0 Å². The van der Waals surface area contributed by atoms with Crippen LogP contribution in [0.2, 0.25) is 0 Å². The van der Waals surface area contributed by atoms with Crippen molar-refractivity contribution in [1.29, 1.82) is 0 Å². The Morgan fingerprint density at radius 2 is 1.92 bits per heavy atom. The number of aromatic nitrogens is 1. The molecule has 1 amide bonds. The van der Waals surface area contributed by atoms with Gasteiger partial charge in [0.15, 0.2) is 6.29 Å². The maximum absolute atomic E-state index is 12.8. The van der Waals surface area contributed by atoms with Gasteiger partial charge < -0.3 is 25.0 Å². The highest BCUT2D eigenvalue weighted by Crippen LogP contribution is 2.41. The second kappa shape index (κ2) is 9.75. The zero-order chi connectivity index (χ0) is 26.7. The number of nitrogens with one attached hydrogen (secondary N) is 2. The predicted octanol–water partition coefficient (Wildman–Crippen LogP) is 4.54. The first kappa shape index (κ1) is 24.8. The number of methoxy groups -OCH3 is 2. The topological polar surface area (TPSA) is 79.0 Å². The maximum Gasteiger partial charge on any atom is 0.263 e. The molecule has 0 aliphatic carbocycles. The van der Waals surface area contributed by atoms with Gasteiger partial charge in [0.25, 0.3) is 5.91 Å². The highest BCUT2D eigenvalue weighted by Gasteiger charge is 2.45. The highest BCUT2D eigenvalue weighted by molar-refractivity contribution is 7.21. The molecule has 4 aromatic rings. The van der Waals surface area contributed by atoms with Gasteiger partial charge in [-0.2, -0.15) is 0 Å². The van der Waals surface area contributed by atoms with Gasteiger partial charge in [-0.15, -0.1) is 11.3 Å². The summed E-state index contributed by atoms with van der Waals surface area (Å²) in [6, 6.07) is 18.3. The fourth-order valence-corrected chi connectivity index (χ4v) is 7.46. The third-order valence-electron chi connectivity index (χ3n) is 8.43. The third kappa shape index (κ3) is 4.24. The molecule has 3 fully saturated rings. The molecule has 0 saturated carbocycles. The van der Waals surface area contributed by atoms with Crippen LogP contribution in [0.1, 0.15) is 23.0 Å². The van der Waals surface area contributed by atoms with Gasteiger partial charge in [-0.3, -0.25) is 9.69 Å². The van der Waals surface area contributed by atoms with Crippen molar-refractivity contribution in [3.8, 4) is 11.3 Å². The zero-order valence-electron chi connectivity index (χ0n) is 22.4. The Morgan fingerprint density at radius 1 is 1.10 bits per heavy atom. The summed E-state index contributed by atoms with van der Waals surface area (Å²) in [7, 11) is 3.41. The van der Waals surface area contributed by atoms with E-state index in [1.165, 1.54) is 12.1 Å². The molecule has 4 aliphatic heterocycles. The molecule has 39 heavy (non-hydrogen) atoms. The van der Waals surface area contributed by atoms with Crippen molar-refractivity contribution in [2.24, 2.45) is 0 Å². The SMILES string of the molecule is COC(CN1C2CC1CN(c1cccc(-c3ccc4c(ccc5sc6c(c54)NC[C@@H](C)NC6=O)n3)c1)C2)OC. The Kier molecular flexibility index (Phi) is 6.19. The van der Waals surface area contributed by atoms with Crippen molar-refractivity contribution < 1.29 is 14.3 Å². The molecule has 202 valence electrons. The van der Waals surface area contributed by atoms with Crippen LogP contribution in [0.25, 0.3) is 32.2 Å². The largest absolute Gasteiger partial charge is 0.381 e. The van der Waals surface area contributed by atoms with Gasteiger partial charge in [0.2, 0.25) is 0 Å². The van der Waals surface area contributed by atoms with Gasteiger partial charge in [-0.1, -0.05) is 12.1 Å². The summed E-state index contributed by atoms with van der Waals surface area (Å²) in [5.74, 6) is -0.00562. The summed E-state index contributed by atoms with van der Waals surface area (Å²) in [6.07, 6.45) is 1.06. The number of benzene rings is 2. The molecule has 9 heteroatoms. The number of piperazine rings is 1. The number of carbonyl (C=O) groups is 1. The predicted molar refractivity (Wildman–Crippen MR) is 157 cm³/mol. The lowest BCUT2D eigenvalue weighted by molar-refractivity contribution is -0.145. The van der Waals surface area contributed by atoms with E-state index in [4.69, 9.17) is 14.5 Å². The van der Waals surface area contributed by atoms with Gasteiger partial charge in [0.1, 0.15) is 4.88 Å². The number of thiophene rings is 1. The number of pyridine rings is 1. The van der Waals surface area contributed by atoms with Crippen LogP contribution >= 0.6 is 11.3 Å². The lowest BCUT2D eigenvalue weighted by Gasteiger charge is -2.57. The molecular formula is C30H33N5O3S. The Labute approximate surface area is 231 Å². The zero-order valence-corrected chi connectivity index (χ0v) is 23.3. The van der Waals surface area contributed by atoms with E-state index in [-0.39, 0.29) is 18.2 Å². The van der Waals surface area contributed by atoms with Gasteiger partial charge in [0.05, 0.1) is 23.4 Å². The van der Waals surface area contributed by atoms with E-state index in [1.54, 1.807) is 25.6 Å². The Hall–Kier alpha value is -3.24. The molecule has 3 atom stereocenters. The first-order chi connectivity index (χ1) is 19.0. The van der Waals surface area contributed by atoms with Crippen LogP contribution in [-0.4, -0.2) is 80.6 Å². The second-order valence-corrected chi connectivity index (χ2v) is 11.9. The monoisotopic (exact) mass is 543 g/mol. The van der Waals surface area contributed by atoms with Crippen molar-refractivity contribution in [2.75, 3.05) is 50.6 Å². The number of rotatable bonds is 6. The standard InChI is InChI=1S/C30H33N5O3S/c1-17-13-31-28-27-22-7-8-23(33-24(22)9-10-25(27)39-29(28)30(36)32-17)18-5-4-6-19(11-18)34-14-20-12-21(15-34)35(20)16-26(37-2)38-3/h4-11,17,20-21,26,31H,12-16H2,1-3H3,(H,32,36)/t17-,20?,21?/m1/s1. The van der Waals surface area contributed by atoms with Gasteiger partial charge in [0, 0.05) is 78.7 Å². The van der Waals surface area contributed by atoms with E-state index >= 15 is 0 Å². The van der Waals surface area contributed by atoms with Crippen molar-refractivity contribution in [3.05, 3.63) is 53.4 Å². The summed E-state index contributed by atoms with van der Waals surface area (Å²) in [6.45, 7) is 5.55. The molecular weight excluding hydrogens is 510 g/mol. The quantitative estimate of drug-likeness (QED) is 0.346. The van der Waals surface area contributed by atoms with Crippen LogP contribution < -0.4 is 15.5 Å². The summed E-state index contributed by atoms with van der Waals surface area (Å²) in [5, 5.41) is 8.74. The minimum atomic E-state index is -0.175. The molecule has 0 spiro atoms. The van der Waals surface area contributed by atoms with E-state index in [0.717, 1.165) is 62.4 Å². The molecule has 8 nitrogen and oxygen atoms in total. The van der Waals surface area contributed by atoms with Crippen molar-refractivity contribution in [3.63, 3.8) is 0 Å². The van der Waals surface area contributed by atoms with Crippen LogP contribution in [-0.2, 0) is 9.47 Å². The lowest BCUT2D eigenvalue weighted by Crippen LogP contribution is -2.70. The Bertz CT molecular complexity index is 1560. The van der Waals surface area contributed by atoms with Gasteiger partial charge in [-0.25, -0.2) is 4.98 Å². The highest BCUT2D eigenvalue weighted by atomic mass is 32.1. The first-order valence-electron chi connectivity index (χ1n) is 13.6. The fourth-order valence-electron chi connectivity index (χ4n) is 6.36. The molecule has 2 bridgehead atoms. The van der Waals surface area contributed by atoms with E-state index in [0.29, 0.717) is 18.6 Å². The first-order valence-corrected chi connectivity index (χ1v) is 14.4. The van der Waals surface area contributed by atoms with Crippen molar-refractivity contribution in [2.45, 2.75) is 37.8 Å². The second-order valence-electron chi connectivity index (χ2n) is 10.9. The number of anilines is 2. The number of hydrogen-bond acceptors (Lipinski definition) is 8. The summed E-state index contributed by atoms with van der Waals surface area (Å²) >= 11 is 1.54. The molecule has 3 saturated heterocycles. The average molecular weight is 544 g/mol. The molecule has 4 aliphatic rings. The average Bonchev–Trinajstić information content (AvgIpc) is 3.29. The smallest absolute Gasteiger partial charge is 0.263 e. The van der Waals surface area contributed by atoms with Crippen LogP contribution in [0, 0.1) is 0 Å². The minimum Gasteiger partial charge on any atom is -0.381 e. The van der Waals surface area contributed by atoms with E-state index in [1.807, 2.05) is 6.92 Å². The number of ether oxygens (including phenoxy) is 2. The number of amides is 1. The summed E-state index contributed by atoms with van der Waals surface area (Å²) < 4.78 is 12.0. The number of hydrogen-bond donors (Lipinski definition) is 2. The van der Waals surface area contributed by atoms with Crippen molar-refractivity contribution in [1.82, 2.24) is 15.2 Å². The van der Waals surface area contributed by atoms with E-state index in [9.17, 15) is 4.79 Å². The molecule has 2 aromatic carbocycles. The van der Waals surface area contributed by atoms with Gasteiger partial charge in [-0.05, 0) is 49.7 Å². The number of nitrogens with zero attached hydrogens (tertiary/aromatic N) is 3. The van der Waals surface area contributed by atoms with Crippen LogP contribution in [0.5, 0.6) is 0 Å². The van der Waals surface area contributed by atoms with Crippen molar-refractivity contribution >= 4 is 49.6 Å². The molecule has 0 radical (unpaired) electrons. The summed E-state index contributed by atoms with van der Waals surface area (Å²) in [4.78, 5) is 23.6. The molecule has 6 heterocycles. The number of piperidine rings is 1. The maximum atomic E-state index is 12.8. The van der Waals surface area contributed by atoms with Crippen LogP contribution in [0.15, 0.2) is 48.5 Å². The molecule has 2 unspecified atom stereocenters. The molecule has 8 rings (SSSR count). The minimum absolute atomic E-state index is 0.00562. The van der Waals surface area contributed by atoms with E-state index < -0.39 is 0 Å². The number of fused-ring (bicyclic) bond motifs is 7.